The Bertz CT molecular complexity index is 252. The van der Waals surface area contributed by atoms with Gasteiger partial charge < -0.3 is 27.8 Å². The first-order valence-electron chi connectivity index (χ1n) is 6.31. The fourth-order valence-electron chi connectivity index (χ4n) is 1.41. The van der Waals surface area contributed by atoms with Crippen molar-refractivity contribution < 1.29 is 4.79 Å². The number of nitrogens with one attached hydrogen (secondary N) is 2. The SMILES string of the molecule is CC(CCCN=C(N)N)C(=O)NCCNCCN. The maximum atomic E-state index is 11.7. The average molecular weight is 258 g/mol. The van der Waals surface area contributed by atoms with Crippen LogP contribution in [0, 0.1) is 5.92 Å². The van der Waals surface area contributed by atoms with Crippen LogP contribution in [0.25, 0.3) is 0 Å². The highest BCUT2D eigenvalue weighted by atomic mass is 16.1. The predicted octanol–water partition coefficient (Wildman–Crippen LogP) is -1.66. The summed E-state index contributed by atoms with van der Waals surface area (Å²) in [5, 5.41) is 5.97. The monoisotopic (exact) mass is 258 g/mol. The second-order valence-electron chi connectivity index (χ2n) is 4.18. The topological polar surface area (TPSA) is 132 Å². The summed E-state index contributed by atoms with van der Waals surface area (Å²) in [4.78, 5) is 15.5. The normalized spacial score (nSPS) is 11.9. The largest absolute Gasteiger partial charge is 0.370 e. The maximum Gasteiger partial charge on any atom is 0.222 e. The summed E-state index contributed by atoms with van der Waals surface area (Å²) in [6.07, 6.45) is 1.58. The van der Waals surface area contributed by atoms with Gasteiger partial charge in [0.05, 0.1) is 0 Å². The molecule has 0 aliphatic carbocycles. The lowest BCUT2D eigenvalue weighted by Crippen LogP contribution is -2.36. The van der Waals surface area contributed by atoms with Crippen LogP contribution < -0.4 is 27.8 Å². The molecule has 0 saturated heterocycles. The van der Waals surface area contributed by atoms with E-state index in [9.17, 15) is 4.79 Å². The van der Waals surface area contributed by atoms with Crippen molar-refractivity contribution >= 4 is 11.9 Å². The van der Waals surface area contributed by atoms with Crippen LogP contribution in [0.4, 0.5) is 0 Å². The number of amides is 1. The zero-order valence-electron chi connectivity index (χ0n) is 11.1. The van der Waals surface area contributed by atoms with Crippen molar-refractivity contribution in [1.29, 1.82) is 0 Å². The van der Waals surface area contributed by atoms with Crippen molar-refractivity contribution in [2.24, 2.45) is 28.1 Å². The average Bonchev–Trinajstić information content (AvgIpc) is 2.33. The Morgan fingerprint density at radius 1 is 1.28 bits per heavy atom. The van der Waals surface area contributed by atoms with E-state index in [4.69, 9.17) is 17.2 Å². The minimum Gasteiger partial charge on any atom is -0.370 e. The highest BCUT2D eigenvalue weighted by Gasteiger charge is 2.11. The molecule has 0 rings (SSSR count). The second-order valence-corrected chi connectivity index (χ2v) is 4.18. The summed E-state index contributed by atoms with van der Waals surface area (Å²) in [7, 11) is 0. The molecule has 0 fully saturated rings. The molecule has 0 aliphatic rings. The third-order valence-electron chi connectivity index (χ3n) is 2.46. The fourth-order valence-corrected chi connectivity index (χ4v) is 1.41. The van der Waals surface area contributed by atoms with Gasteiger partial charge in [-0.15, -0.1) is 0 Å². The maximum absolute atomic E-state index is 11.7. The minimum absolute atomic E-state index is 0.0197. The van der Waals surface area contributed by atoms with Gasteiger partial charge in [-0.2, -0.15) is 0 Å². The van der Waals surface area contributed by atoms with Gasteiger partial charge in [0.2, 0.25) is 5.91 Å². The number of rotatable bonds is 10. The molecular formula is C11H26N6O. The molecule has 0 spiro atoms. The van der Waals surface area contributed by atoms with Gasteiger partial charge >= 0.3 is 0 Å². The smallest absolute Gasteiger partial charge is 0.222 e. The van der Waals surface area contributed by atoms with Crippen LogP contribution in [-0.4, -0.2) is 44.6 Å². The van der Waals surface area contributed by atoms with Crippen molar-refractivity contribution in [3.63, 3.8) is 0 Å². The van der Waals surface area contributed by atoms with E-state index < -0.39 is 0 Å². The Balaban J connectivity index is 3.54. The number of carbonyl (C=O) groups excluding carboxylic acids is 1. The molecule has 0 aromatic rings. The third kappa shape index (κ3) is 9.86. The first kappa shape index (κ1) is 16.7. The van der Waals surface area contributed by atoms with Gasteiger partial charge in [0.15, 0.2) is 5.96 Å². The van der Waals surface area contributed by atoms with Crippen LogP contribution in [-0.2, 0) is 4.79 Å². The number of carbonyl (C=O) groups is 1. The lowest BCUT2D eigenvalue weighted by atomic mass is 10.1. The molecule has 0 saturated carbocycles. The van der Waals surface area contributed by atoms with E-state index in [0.717, 1.165) is 25.9 Å². The minimum atomic E-state index is -0.0197. The highest BCUT2D eigenvalue weighted by molar-refractivity contribution is 5.78. The summed E-state index contributed by atoms with van der Waals surface area (Å²) in [6, 6.07) is 0. The predicted molar refractivity (Wildman–Crippen MR) is 74.0 cm³/mol. The molecular weight excluding hydrogens is 232 g/mol. The van der Waals surface area contributed by atoms with Crippen LogP contribution in [0.2, 0.25) is 0 Å². The van der Waals surface area contributed by atoms with Gasteiger partial charge in [0.1, 0.15) is 0 Å². The van der Waals surface area contributed by atoms with E-state index in [1.807, 2.05) is 6.92 Å². The number of nitrogens with two attached hydrogens (primary N) is 3. The number of nitrogens with zero attached hydrogens (tertiary/aromatic N) is 1. The third-order valence-corrected chi connectivity index (χ3v) is 2.46. The molecule has 106 valence electrons. The summed E-state index contributed by atoms with van der Waals surface area (Å²) in [5.41, 5.74) is 15.7. The Hall–Kier alpha value is -1.34. The van der Waals surface area contributed by atoms with E-state index in [2.05, 4.69) is 15.6 Å². The van der Waals surface area contributed by atoms with E-state index >= 15 is 0 Å². The summed E-state index contributed by atoms with van der Waals surface area (Å²) >= 11 is 0. The van der Waals surface area contributed by atoms with Crippen LogP contribution in [0.1, 0.15) is 19.8 Å². The van der Waals surface area contributed by atoms with Crippen LogP contribution in [0.3, 0.4) is 0 Å². The second kappa shape index (κ2) is 10.8. The number of hydrogen-bond donors (Lipinski definition) is 5. The van der Waals surface area contributed by atoms with E-state index in [-0.39, 0.29) is 17.8 Å². The van der Waals surface area contributed by atoms with Gasteiger partial charge in [-0.1, -0.05) is 6.92 Å². The van der Waals surface area contributed by atoms with Crippen molar-refractivity contribution in [1.82, 2.24) is 10.6 Å². The molecule has 7 nitrogen and oxygen atoms in total. The molecule has 8 N–H and O–H groups in total. The van der Waals surface area contributed by atoms with Crippen LogP contribution >= 0.6 is 0 Å². The molecule has 0 bridgehead atoms. The zero-order valence-corrected chi connectivity index (χ0v) is 11.1. The fraction of sp³-hybridized carbons (Fsp3) is 0.818. The van der Waals surface area contributed by atoms with Crippen molar-refractivity contribution in [3.05, 3.63) is 0 Å². The number of aliphatic imine (C=N–C) groups is 1. The summed E-state index contributed by atoms with van der Waals surface area (Å²) in [5.74, 6) is 0.140. The lowest BCUT2D eigenvalue weighted by Gasteiger charge is -2.11. The first-order valence-corrected chi connectivity index (χ1v) is 6.31. The molecule has 0 aromatic carbocycles. The van der Waals surface area contributed by atoms with Gasteiger partial charge in [0, 0.05) is 38.6 Å². The zero-order chi connectivity index (χ0) is 13.8. The Morgan fingerprint density at radius 2 is 2.00 bits per heavy atom. The lowest BCUT2D eigenvalue weighted by molar-refractivity contribution is -0.124. The Kier molecular flexibility index (Phi) is 9.99. The first-order chi connectivity index (χ1) is 8.57. The van der Waals surface area contributed by atoms with Crippen molar-refractivity contribution in [2.45, 2.75) is 19.8 Å². The van der Waals surface area contributed by atoms with Crippen LogP contribution in [0.5, 0.6) is 0 Å². The molecule has 0 aromatic heterocycles. The highest BCUT2D eigenvalue weighted by Crippen LogP contribution is 2.05. The molecule has 1 unspecified atom stereocenters. The molecule has 1 amide bonds. The molecule has 0 aliphatic heterocycles. The quantitative estimate of drug-likeness (QED) is 0.182. The molecule has 0 radical (unpaired) electrons. The summed E-state index contributed by atoms with van der Waals surface area (Å²) < 4.78 is 0. The summed E-state index contributed by atoms with van der Waals surface area (Å²) in [6.45, 7) is 5.20. The molecule has 1 atom stereocenters. The molecule has 18 heavy (non-hydrogen) atoms. The van der Waals surface area contributed by atoms with Gasteiger partial charge in [-0.25, -0.2) is 0 Å². The van der Waals surface area contributed by atoms with Gasteiger partial charge in [-0.05, 0) is 12.8 Å². The van der Waals surface area contributed by atoms with Gasteiger partial charge in [-0.3, -0.25) is 9.79 Å². The van der Waals surface area contributed by atoms with E-state index in [1.54, 1.807) is 0 Å². The van der Waals surface area contributed by atoms with Crippen molar-refractivity contribution in [2.75, 3.05) is 32.7 Å². The standard InChI is InChI=1S/C11H26N6O/c1-9(3-2-5-17-11(13)14)10(18)16-8-7-15-6-4-12/h9,15H,2-8,12H2,1H3,(H,16,18)(H4,13,14,17). The van der Waals surface area contributed by atoms with E-state index in [1.165, 1.54) is 0 Å². The van der Waals surface area contributed by atoms with E-state index in [0.29, 0.717) is 19.6 Å². The van der Waals surface area contributed by atoms with Crippen LogP contribution in [0.15, 0.2) is 4.99 Å². The Labute approximate surface area is 109 Å². The number of guanidine groups is 1. The number of hydrogen-bond acceptors (Lipinski definition) is 4. The molecule has 7 heteroatoms. The van der Waals surface area contributed by atoms with Gasteiger partial charge in [0.25, 0.3) is 0 Å². The van der Waals surface area contributed by atoms with Crippen molar-refractivity contribution in [3.8, 4) is 0 Å². The molecule has 0 heterocycles. The Morgan fingerprint density at radius 3 is 2.61 bits per heavy atom.